The summed E-state index contributed by atoms with van der Waals surface area (Å²) in [6.45, 7) is 7.18. The molecule has 29 heavy (non-hydrogen) atoms. The molecule has 0 bridgehead atoms. The highest BCUT2D eigenvalue weighted by Gasteiger charge is 2.12. The van der Waals surface area contributed by atoms with Crippen LogP contribution in [0.2, 0.25) is 0 Å². The summed E-state index contributed by atoms with van der Waals surface area (Å²) in [6.07, 6.45) is 3.06. The standard InChI is InChI=1S/C21H33N7.HI/c1-22-21(24-16-20-9-10-25-27(20)3)23-15-18-5-7-19(8-6-18)17-28-12-4-11-26(2)13-14-28;/h5-10H,4,11-17H2,1-3H3,(H2,22,23,24);1H. The van der Waals surface area contributed by atoms with E-state index < -0.39 is 0 Å². The molecule has 2 heterocycles. The van der Waals surface area contributed by atoms with Crippen LogP contribution in [0.1, 0.15) is 23.2 Å². The van der Waals surface area contributed by atoms with Crippen molar-refractivity contribution >= 4 is 29.9 Å². The number of likely N-dealkylation sites (N-methyl/N-ethyl adjacent to an activating group) is 1. The van der Waals surface area contributed by atoms with E-state index in [4.69, 9.17) is 0 Å². The number of aryl methyl sites for hydroxylation is 1. The Balaban J connectivity index is 0.00000300. The van der Waals surface area contributed by atoms with Crippen molar-refractivity contribution in [2.24, 2.45) is 12.0 Å². The molecule has 0 aliphatic carbocycles. The normalized spacial score (nSPS) is 16.2. The lowest BCUT2D eigenvalue weighted by Crippen LogP contribution is -2.36. The van der Waals surface area contributed by atoms with Gasteiger partial charge in [-0.05, 0) is 43.8 Å². The maximum absolute atomic E-state index is 4.30. The Morgan fingerprint density at radius 2 is 1.69 bits per heavy atom. The van der Waals surface area contributed by atoms with Crippen LogP contribution in [-0.2, 0) is 26.7 Å². The molecule has 1 aliphatic heterocycles. The lowest BCUT2D eigenvalue weighted by atomic mass is 10.1. The molecule has 0 unspecified atom stereocenters. The SMILES string of the molecule is CN=C(NCc1ccc(CN2CCCN(C)CC2)cc1)NCc1ccnn1C.I. The van der Waals surface area contributed by atoms with Gasteiger partial charge in [-0.25, -0.2) is 0 Å². The van der Waals surface area contributed by atoms with E-state index in [0.717, 1.165) is 37.8 Å². The Morgan fingerprint density at radius 1 is 0.966 bits per heavy atom. The third kappa shape index (κ3) is 7.60. The van der Waals surface area contributed by atoms with E-state index in [9.17, 15) is 0 Å². The fourth-order valence-corrected chi connectivity index (χ4v) is 3.43. The van der Waals surface area contributed by atoms with Crippen LogP contribution < -0.4 is 10.6 Å². The first-order valence-corrected chi connectivity index (χ1v) is 10.0. The molecule has 0 spiro atoms. The van der Waals surface area contributed by atoms with Crippen LogP contribution in [0, 0.1) is 0 Å². The summed E-state index contributed by atoms with van der Waals surface area (Å²) >= 11 is 0. The second-order valence-corrected chi connectivity index (χ2v) is 7.47. The third-order valence-corrected chi connectivity index (χ3v) is 5.28. The average Bonchev–Trinajstić information content (AvgIpc) is 3.00. The first-order valence-electron chi connectivity index (χ1n) is 10.0. The van der Waals surface area contributed by atoms with Crippen molar-refractivity contribution in [2.45, 2.75) is 26.1 Å². The Hall–Kier alpha value is -1.65. The maximum Gasteiger partial charge on any atom is 0.191 e. The molecule has 160 valence electrons. The van der Waals surface area contributed by atoms with E-state index in [1.54, 1.807) is 13.2 Å². The molecule has 3 rings (SSSR count). The van der Waals surface area contributed by atoms with Gasteiger partial charge in [0, 0.05) is 46.5 Å². The average molecular weight is 511 g/mol. The number of hydrogen-bond acceptors (Lipinski definition) is 4. The van der Waals surface area contributed by atoms with E-state index in [0.29, 0.717) is 6.54 Å². The Labute approximate surface area is 191 Å². The predicted molar refractivity (Wildman–Crippen MR) is 129 cm³/mol. The minimum absolute atomic E-state index is 0. The Morgan fingerprint density at radius 3 is 2.38 bits per heavy atom. The van der Waals surface area contributed by atoms with Crippen LogP contribution in [0.5, 0.6) is 0 Å². The minimum atomic E-state index is 0. The molecule has 1 aromatic carbocycles. The summed E-state index contributed by atoms with van der Waals surface area (Å²) in [6, 6.07) is 10.9. The molecular weight excluding hydrogens is 477 g/mol. The molecule has 8 heteroatoms. The van der Waals surface area contributed by atoms with Gasteiger partial charge in [0.1, 0.15) is 0 Å². The van der Waals surface area contributed by atoms with Gasteiger partial charge in [0.2, 0.25) is 0 Å². The van der Waals surface area contributed by atoms with E-state index in [1.807, 2.05) is 17.8 Å². The molecule has 0 amide bonds. The number of benzene rings is 1. The smallest absolute Gasteiger partial charge is 0.191 e. The quantitative estimate of drug-likeness (QED) is 0.353. The van der Waals surface area contributed by atoms with Crippen molar-refractivity contribution < 1.29 is 0 Å². The number of aromatic nitrogens is 2. The first-order chi connectivity index (χ1) is 13.6. The highest BCUT2D eigenvalue weighted by molar-refractivity contribution is 14.0. The zero-order valence-corrected chi connectivity index (χ0v) is 20.1. The molecule has 1 aliphatic rings. The van der Waals surface area contributed by atoms with Crippen molar-refractivity contribution in [1.29, 1.82) is 0 Å². The highest BCUT2D eigenvalue weighted by atomic mass is 127. The van der Waals surface area contributed by atoms with Gasteiger partial charge < -0.3 is 15.5 Å². The van der Waals surface area contributed by atoms with Crippen molar-refractivity contribution in [3.63, 3.8) is 0 Å². The number of halogens is 1. The van der Waals surface area contributed by atoms with Crippen molar-refractivity contribution in [3.8, 4) is 0 Å². The number of hydrogen-bond donors (Lipinski definition) is 2. The lowest BCUT2D eigenvalue weighted by Gasteiger charge is -2.20. The van der Waals surface area contributed by atoms with Gasteiger partial charge in [0.05, 0.1) is 12.2 Å². The summed E-state index contributed by atoms with van der Waals surface area (Å²) in [7, 11) is 5.95. The van der Waals surface area contributed by atoms with Gasteiger partial charge >= 0.3 is 0 Å². The number of nitrogens with zero attached hydrogens (tertiary/aromatic N) is 5. The van der Waals surface area contributed by atoms with E-state index >= 15 is 0 Å². The van der Waals surface area contributed by atoms with Crippen molar-refractivity contribution in [2.75, 3.05) is 40.3 Å². The zero-order valence-electron chi connectivity index (χ0n) is 17.8. The molecule has 2 N–H and O–H groups in total. The van der Waals surface area contributed by atoms with Crippen LogP contribution in [0.15, 0.2) is 41.5 Å². The minimum Gasteiger partial charge on any atom is -0.352 e. The van der Waals surface area contributed by atoms with Crippen LogP contribution in [-0.4, -0.2) is 65.8 Å². The monoisotopic (exact) mass is 511 g/mol. The Kier molecular flexibility index (Phi) is 9.89. The summed E-state index contributed by atoms with van der Waals surface area (Å²) in [5.74, 6) is 0.791. The maximum atomic E-state index is 4.30. The second kappa shape index (κ2) is 12.1. The summed E-state index contributed by atoms with van der Waals surface area (Å²) in [5, 5.41) is 10.9. The van der Waals surface area contributed by atoms with Gasteiger partial charge in [-0.1, -0.05) is 24.3 Å². The van der Waals surface area contributed by atoms with Crippen molar-refractivity contribution in [1.82, 2.24) is 30.2 Å². The fraction of sp³-hybridized carbons (Fsp3) is 0.524. The first kappa shape index (κ1) is 23.6. The number of guanidine groups is 1. The molecule has 1 fully saturated rings. The largest absolute Gasteiger partial charge is 0.352 e. The van der Waals surface area contributed by atoms with Gasteiger partial charge in [0.25, 0.3) is 0 Å². The number of aliphatic imine (C=N–C) groups is 1. The van der Waals surface area contributed by atoms with Gasteiger partial charge in [-0.3, -0.25) is 14.6 Å². The van der Waals surface area contributed by atoms with Crippen LogP contribution in [0.3, 0.4) is 0 Å². The van der Waals surface area contributed by atoms with Gasteiger partial charge in [-0.2, -0.15) is 5.10 Å². The molecular formula is C21H34IN7. The topological polar surface area (TPSA) is 60.7 Å². The summed E-state index contributed by atoms with van der Waals surface area (Å²) in [5.41, 5.74) is 3.75. The summed E-state index contributed by atoms with van der Waals surface area (Å²) < 4.78 is 1.86. The zero-order chi connectivity index (χ0) is 19.8. The predicted octanol–water partition coefficient (Wildman–Crippen LogP) is 2.04. The molecule has 1 aromatic heterocycles. The molecule has 0 saturated carbocycles. The molecule has 0 atom stereocenters. The third-order valence-electron chi connectivity index (χ3n) is 5.28. The van der Waals surface area contributed by atoms with Crippen LogP contribution >= 0.6 is 24.0 Å². The van der Waals surface area contributed by atoms with Crippen molar-refractivity contribution in [3.05, 3.63) is 53.3 Å². The Bertz CT molecular complexity index is 757. The second-order valence-electron chi connectivity index (χ2n) is 7.47. The van der Waals surface area contributed by atoms with Crippen LogP contribution in [0.25, 0.3) is 0 Å². The summed E-state index contributed by atoms with van der Waals surface area (Å²) in [4.78, 5) is 9.27. The number of nitrogens with one attached hydrogen (secondary N) is 2. The van der Waals surface area contributed by atoms with Crippen LogP contribution in [0.4, 0.5) is 0 Å². The fourth-order valence-electron chi connectivity index (χ4n) is 3.43. The van der Waals surface area contributed by atoms with E-state index in [-0.39, 0.29) is 24.0 Å². The van der Waals surface area contributed by atoms with Gasteiger partial charge in [-0.15, -0.1) is 24.0 Å². The highest BCUT2D eigenvalue weighted by Crippen LogP contribution is 2.10. The van der Waals surface area contributed by atoms with E-state index in [2.05, 4.69) is 61.8 Å². The number of rotatable bonds is 6. The molecule has 7 nitrogen and oxygen atoms in total. The lowest BCUT2D eigenvalue weighted by molar-refractivity contribution is 0.269. The molecule has 0 radical (unpaired) electrons. The molecule has 2 aromatic rings. The van der Waals surface area contributed by atoms with E-state index in [1.165, 1.54) is 30.6 Å². The molecule has 1 saturated heterocycles. The van der Waals surface area contributed by atoms with Gasteiger partial charge in [0.15, 0.2) is 5.96 Å².